The number of ether oxygens (including phenoxy) is 1. The summed E-state index contributed by atoms with van der Waals surface area (Å²) in [5, 5.41) is 3.92. The van der Waals surface area contributed by atoms with Crippen LogP contribution in [0.4, 0.5) is 0 Å². The zero-order valence-electron chi connectivity index (χ0n) is 13.2. The van der Waals surface area contributed by atoms with Crippen LogP contribution in [0.1, 0.15) is 36.0 Å². The molecule has 0 saturated carbocycles. The van der Waals surface area contributed by atoms with Gasteiger partial charge in [-0.15, -0.1) is 0 Å². The van der Waals surface area contributed by atoms with Gasteiger partial charge in [0.1, 0.15) is 5.76 Å². The molecule has 2 aromatic carbocycles. The van der Waals surface area contributed by atoms with Crippen LogP contribution < -0.4 is 10.1 Å². The van der Waals surface area contributed by atoms with Gasteiger partial charge in [0, 0.05) is 10.9 Å². The van der Waals surface area contributed by atoms with Gasteiger partial charge in [-0.1, -0.05) is 30.3 Å². The first-order valence-corrected chi connectivity index (χ1v) is 7.70. The standard InChI is InChI=1S/C19H19NO3/c1-3-22-16-11-7-10-15-12-17(23-18(15)16)13(2)20-19(21)14-8-5-4-6-9-14/h4-13H,3H2,1-2H3,(H,20,21). The van der Waals surface area contributed by atoms with Crippen LogP contribution in [0.5, 0.6) is 5.75 Å². The van der Waals surface area contributed by atoms with Gasteiger partial charge in [0.15, 0.2) is 11.3 Å². The lowest BCUT2D eigenvalue weighted by atomic mass is 10.1. The smallest absolute Gasteiger partial charge is 0.251 e. The minimum Gasteiger partial charge on any atom is -0.490 e. The number of benzene rings is 2. The van der Waals surface area contributed by atoms with Crippen molar-refractivity contribution in [2.45, 2.75) is 19.9 Å². The lowest BCUT2D eigenvalue weighted by Crippen LogP contribution is -2.26. The molecule has 0 spiro atoms. The monoisotopic (exact) mass is 309 g/mol. The van der Waals surface area contributed by atoms with Crippen molar-refractivity contribution >= 4 is 16.9 Å². The van der Waals surface area contributed by atoms with Crippen LogP contribution in [0.15, 0.2) is 59.0 Å². The van der Waals surface area contributed by atoms with E-state index in [0.717, 1.165) is 11.1 Å². The molecule has 0 aliphatic rings. The summed E-state index contributed by atoms with van der Waals surface area (Å²) < 4.78 is 11.5. The lowest BCUT2D eigenvalue weighted by Gasteiger charge is -2.11. The Morgan fingerprint density at radius 1 is 1.17 bits per heavy atom. The number of carbonyl (C=O) groups is 1. The Kier molecular flexibility index (Phi) is 4.33. The molecule has 23 heavy (non-hydrogen) atoms. The molecule has 4 nitrogen and oxygen atoms in total. The molecule has 0 fully saturated rings. The number of hydrogen-bond acceptors (Lipinski definition) is 3. The maximum absolute atomic E-state index is 12.2. The van der Waals surface area contributed by atoms with Gasteiger partial charge in [-0.2, -0.15) is 0 Å². The fraction of sp³-hybridized carbons (Fsp3) is 0.211. The molecule has 0 radical (unpaired) electrons. The predicted molar refractivity (Wildman–Crippen MR) is 89.7 cm³/mol. The van der Waals surface area contributed by atoms with Crippen molar-refractivity contribution in [1.29, 1.82) is 0 Å². The molecule has 0 aliphatic carbocycles. The average molecular weight is 309 g/mol. The minimum absolute atomic E-state index is 0.122. The molecule has 3 rings (SSSR count). The molecular formula is C19H19NO3. The predicted octanol–water partition coefficient (Wildman–Crippen LogP) is 4.32. The SMILES string of the molecule is CCOc1cccc2cc(C(C)NC(=O)c3ccccc3)oc12. The summed E-state index contributed by atoms with van der Waals surface area (Å²) in [4.78, 5) is 12.2. The first-order valence-electron chi connectivity index (χ1n) is 7.70. The Balaban J connectivity index is 1.82. The second-order valence-corrected chi connectivity index (χ2v) is 5.32. The van der Waals surface area contributed by atoms with E-state index in [1.807, 2.05) is 56.3 Å². The van der Waals surface area contributed by atoms with Gasteiger partial charge >= 0.3 is 0 Å². The van der Waals surface area contributed by atoms with E-state index in [2.05, 4.69) is 5.32 Å². The molecule has 1 atom stereocenters. The molecule has 118 valence electrons. The first kappa shape index (κ1) is 15.2. The molecule has 0 bridgehead atoms. The highest BCUT2D eigenvalue weighted by Gasteiger charge is 2.16. The van der Waals surface area contributed by atoms with E-state index in [1.54, 1.807) is 12.1 Å². The number of furan rings is 1. The molecule has 3 aromatic rings. The number of hydrogen-bond donors (Lipinski definition) is 1. The Labute approximate surface area is 135 Å². The van der Waals surface area contributed by atoms with E-state index in [4.69, 9.17) is 9.15 Å². The maximum atomic E-state index is 12.2. The molecule has 1 unspecified atom stereocenters. The van der Waals surface area contributed by atoms with Crippen molar-refractivity contribution in [3.8, 4) is 5.75 Å². The molecule has 4 heteroatoms. The van der Waals surface area contributed by atoms with Crippen LogP contribution in [0.25, 0.3) is 11.0 Å². The fourth-order valence-corrected chi connectivity index (χ4v) is 2.48. The Hall–Kier alpha value is -2.75. The molecular weight excluding hydrogens is 290 g/mol. The fourth-order valence-electron chi connectivity index (χ4n) is 2.48. The van der Waals surface area contributed by atoms with Crippen LogP contribution >= 0.6 is 0 Å². The van der Waals surface area contributed by atoms with Crippen LogP contribution in [0.2, 0.25) is 0 Å². The summed E-state index contributed by atoms with van der Waals surface area (Å²) >= 11 is 0. The largest absolute Gasteiger partial charge is 0.490 e. The third kappa shape index (κ3) is 3.21. The van der Waals surface area contributed by atoms with Crippen LogP contribution in [-0.2, 0) is 0 Å². The highest BCUT2D eigenvalue weighted by atomic mass is 16.5. The van der Waals surface area contributed by atoms with E-state index in [9.17, 15) is 4.79 Å². The van der Waals surface area contributed by atoms with Crippen molar-refractivity contribution < 1.29 is 13.9 Å². The third-order valence-corrected chi connectivity index (χ3v) is 3.64. The van der Waals surface area contributed by atoms with E-state index in [0.29, 0.717) is 23.5 Å². The lowest BCUT2D eigenvalue weighted by molar-refractivity contribution is 0.0935. The molecule has 1 heterocycles. The minimum atomic E-state index is -0.232. The van der Waals surface area contributed by atoms with Crippen molar-refractivity contribution in [3.63, 3.8) is 0 Å². The topological polar surface area (TPSA) is 51.5 Å². The first-order chi connectivity index (χ1) is 11.2. The quantitative estimate of drug-likeness (QED) is 0.763. The van der Waals surface area contributed by atoms with Gasteiger partial charge in [-0.3, -0.25) is 4.79 Å². The molecule has 0 aliphatic heterocycles. The van der Waals surface area contributed by atoms with Crippen molar-refractivity contribution in [2.24, 2.45) is 0 Å². The Bertz CT molecular complexity index is 808. The average Bonchev–Trinajstić information content (AvgIpc) is 3.01. The summed E-state index contributed by atoms with van der Waals surface area (Å²) in [7, 11) is 0. The highest BCUT2D eigenvalue weighted by molar-refractivity contribution is 5.94. The Morgan fingerprint density at radius 2 is 1.96 bits per heavy atom. The van der Waals surface area contributed by atoms with E-state index < -0.39 is 0 Å². The molecule has 0 saturated heterocycles. The molecule has 1 amide bonds. The number of fused-ring (bicyclic) bond motifs is 1. The summed E-state index contributed by atoms with van der Waals surface area (Å²) in [6.07, 6.45) is 0. The summed E-state index contributed by atoms with van der Waals surface area (Å²) in [5.74, 6) is 1.30. The molecule has 1 aromatic heterocycles. The van der Waals surface area contributed by atoms with Crippen molar-refractivity contribution in [2.75, 3.05) is 6.61 Å². The Morgan fingerprint density at radius 3 is 2.70 bits per heavy atom. The summed E-state index contributed by atoms with van der Waals surface area (Å²) in [6.45, 7) is 4.42. The highest BCUT2D eigenvalue weighted by Crippen LogP contribution is 2.31. The van der Waals surface area contributed by atoms with Gasteiger partial charge in [0.05, 0.1) is 12.6 Å². The van der Waals surface area contributed by atoms with E-state index in [1.165, 1.54) is 0 Å². The number of amides is 1. The van der Waals surface area contributed by atoms with Gasteiger partial charge < -0.3 is 14.5 Å². The summed E-state index contributed by atoms with van der Waals surface area (Å²) in [6, 6.07) is 16.6. The second-order valence-electron chi connectivity index (χ2n) is 5.32. The molecule has 1 N–H and O–H groups in total. The van der Waals surface area contributed by atoms with Gasteiger partial charge in [-0.05, 0) is 38.1 Å². The number of nitrogens with one attached hydrogen (secondary N) is 1. The van der Waals surface area contributed by atoms with Crippen molar-refractivity contribution in [3.05, 3.63) is 65.9 Å². The van der Waals surface area contributed by atoms with Crippen LogP contribution in [0.3, 0.4) is 0 Å². The normalized spacial score (nSPS) is 12.1. The number of para-hydroxylation sites is 1. The van der Waals surface area contributed by atoms with E-state index in [-0.39, 0.29) is 11.9 Å². The zero-order valence-corrected chi connectivity index (χ0v) is 13.2. The van der Waals surface area contributed by atoms with Crippen LogP contribution in [0, 0.1) is 0 Å². The van der Waals surface area contributed by atoms with Gasteiger partial charge in [0.25, 0.3) is 5.91 Å². The van der Waals surface area contributed by atoms with Crippen molar-refractivity contribution in [1.82, 2.24) is 5.32 Å². The van der Waals surface area contributed by atoms with Gasteiger partial charge in [-0.25, -0.2) is 0 Å². The van der Waals surface area contributed by atoms with E-state index >= 15 is 0 Å². The number of carbonyl (C=O) groups excluding carboxylic acids is 1. The zero-order chi connectivity index (χ0) is 16.2. The summed E-state index contributed by atoms with van der Waals surface area (Å²) in [5.41, 5.74) is 1.34. The second kappa shape index (κ2) is 6.57. The van der Waals surface area contributed by atoms with Crippen LogP contribution in [-0.4, -0.2) is 12.5 Å². The van der Waals surface area contributed by atoms with Gasteiger partial charge in [0.2, 0.25) is 0 Å². The maximum Gasteiger partial charge on any atom is 0.251 e. The third-order valence-electron chi connectivity index (χ3n) is 3.64. The number of rotatable bonds is 5.